The summed E-state index contributed by atoms with van der Waals surface area (Å²) in [5.41, 5.74) is 0. The summed E-state index contributed by atoms with van der Waals surface area (Å²) in [6, 6.07) is 4.07. The first-order chi connectivity index (χ1) is 7.84. The molecule has 2 aromatic rings. The standard InChI is InChI=1S/C11H14N4S/c1-7-5-12-6-8(7)10-13-11(15-14-10)9-3-2-4-16-9/h2-4,7-8,12H,5-6H2,1H3,(H,13,14,15). The van der Waals surface area contributed by atoms with Gasteiger partial charge in [-0.2, -0.15) is 5.10 Å². The Kier molecular flexibility index (Phi) is 2.49. The zero-order valence-corrected chi connectivity index (χ0v) is 9.92. The molecule has 5 heteroatoms. The van der Waals surface area contributed by atoms with Gasteiger partial charge >= 0.3 is 0 Å². The molecule has 84 valence electrons. The predicted molar refractivity (Wildman–Crippen MR) is 64.5 cm³/mol. The molecule has 16 heavy (non-hydrogen) atoms. The normalized spacial score (nSPS) is 25.1. The second-order valence-corrected chi connectivity index (χ2v) is 5.21. The average Bonchev–Trinajstić information content (AvgIpc) is 2.96. The Morgan fingerprint density at radius 3 is 3.06 bits per heavy atom. The summed E-state index contributed by atoms with van der Waals surface area (Å²) < 4.78 is 0. The summed E-state index contributed by atoms with van der Waals surface area (Å²) in [5, 5.41) is 12.8. The minimum absolute atomic E-state index is 0.473. The van der Waals surface area contributed by atoms with E-state index in [0.29, 0.717) is 11.8 Å². The van der Waals surface area contributed by atoms with E-state index in [0.717, 1.165) is 29.6 Å². The van der Waals surface area contributed by atoms with E-state index in [1.807, 2.05) is 17.5 Å². The van der Waals surface area contributed by atoms with E-state index in [4.69, 9.17) is 0 Å². The van der Waals surface area contributed by atoms with E-state index in [9.17, 15) is 0 Å². The highest BCUT2D eigenvalue weighted by Crippen LogP contribution is 2.27. The van der Waals surface area contributed by atoms with E-state index in [1.165, 1.54) is 0 Å². The van der Waals surface area contributed by atoms with Gasteiger partial charge in [-0.25, -0.2) is 4.98 Å². The van der Waals surface area contributed by atoms with Gasteiger partial charge in [0.05, 0.1) is 4.88 Å². The van der Waals surface area contributed by atoms with Crippen LogP contribution in [0.1, 0.15) is 18.7 Å². The molecule has 4 nitrogen and oxygen atoms in total. The van der Waals surface area contributed by atoms with Gasteiger partial charge < -0.3 is 5.32 Å². The molecule has 0 spiro atoms. The van der Waals surface area contributed by atoms with Crippen LogP contribution in [0.2, 0.25) is 0 Å². The number of aromatic amines is 1. The van der Waals surface area contributed by atoms with Crippen LogP contribution in [0.5, 0.6) is 0 Å². The molecule has 1 aliphatic heterocycles. The maximum Gasteiger partial charge on any atom is 0.191 e. The maximum atomic E-state index is 4.59. The molecule has 3 rings (SSSR count). The molecule has 0 bridgehead atoms. The fourth-order valence-electron chi connectivity index (χ4n) is 2.13. The lowest BCUT2D eigenvalue weighted by Crippen LogP contribution is -2.09. The lowest BCUT2D eigenvalue weighted by atomic mass is 9.98. The first-order valence-electron chi connectivity index (χ1n) is 5.51. The Bertz CT molecular complexity index is 462. The quantitative estimate of drug-likeness (QED) is 0.834. The lowest BCUT2D eigenvalue weighted by molar-refractivity contribution is 0.547. The third-order valence-electron chi connectivity index (χ3n) is 3.11. The molecule has 0 aliphatic carbocycles. The third-order valence-corrected chi connectivity index (χ3v) is 3.98. The van der Waals surface area contributed by atoms with E-state index in [2.05, 4.69) is 27.4 Å². The number of rotatable bonds is 2. The summed E-state index contributed by atoms with van der Waals surface area (Å²) in [5.74, 6) is 2.94. The molecule has 2 aromatic heterocycles. The summed E-state index contributed by atoms with van der Waals surface area (Å²) in [6.07, 6.45) is 0. The van der Waals surface area contributed by atoms with Gasteiger partial charge in [-0.15, -0.1) is 11.3 Å². The van der Waals surface area contributed by atoms with Crippen molar-refractivity contribution >= 4 is 11.3 Å². The summed E-state index contributed by atoms with van der Waals surface area (Å²) >= 11 is 1.67. The van der Waals surface area contributed by atoms with Crippen molar-refractivity contribution in [1.82, 2.24) is 20.5 Å². The second kappa shape index (κ2) is 3.99. The van der Waals surface area contributed by atoms with Crippen molar-refractivity contribution in [2.24, 2.45) is 5.92 Å². The number of aromatic nitrogens is 3. The van der Waals surface area contributed by atoms with Crippen LogP contribution in [-0.2, 0) is 0 Å². The molecule has 2 unspecified atom stereocenters. The van der Waals surface area contributed by atoms with Crippen molar-refractivity contribution in [3.05, 3.63) is 23.3 Å². The molecule has 0 saturated carbocycles. The van der Waals surface area contributed by atoms with Gasteiger partial charge in [0, 0.05) is 12.5 Å². The van der Waals surface area contributed by atoms with Crippen LogP contribution in [0, 0.1) is 5.92 Å². The van der Waals surface area contributed by atoms with Gasteiger partial charge in [-0.3, -0.25) is 5.10 Å². The van der Waals surface area contributed by atoms with Gasteiger partial charge in [0.15, 0.2) is 5.82 Å². The van der Waals surface area contributed by atoms with Gasteiger partial charge in [0.25, 0.3) is 0 Å². The van der Waals surface area contributed by atoms with Crippen LogP contribution in [-0.4, -0.2) is 28.3 Å². The van der Waals surface area contributed by atoms with Crippen LogP contribution >= 0.6 is 11.3 Å². The highest BCUT2D eigenvalue weighted by atomic mass is 32.1. The van der Waals surface area contributed by atoms with Crippen molar-refractivity contribution in [2.75, 3.05) is 13.1 Å². The van der Waals surface area contributed by atoms with Gasteiger partial charge in [-0.1, -0.05) is 13.0 Å². The Balaban J connectivity index is 1.88. The molecule has 2 atom stereocenters. The molecule has 2 N–H and O–H groups in total. The van der Waals surface area contributed by atoms with E-state index >= 15 is 0 Å². The fraction of sp³-hybridized carbons (Fsp3) is 0.455. The molecule has 0 aromatic carbocycles. The number of thiophene rings is 1. The van der Waals surface area contributed by atoms with E-state index in [-0.39, 0.29) is 0 Å². The summed E-state index contributed by atoms with van der Waals surface area (Å²) in [6.45, 7) is 4.32. The highest BCUT2D eigenvalue weighted by Gasteiger charge is 2.27. The van der Waals surface area contributed by atoms with Crippen molar-refractivity contribution in [2.45, 2.75) is 12.8 Å². The smallest absolute Gasteiger partial charge is 0.191 e. The number of H-pyrrole nitrogens is 1. The average molecular weight is 234 g/mol. The SMILES string of the molecule is CC1CNCC1c1nc(-c2cccs2)n[nH]1. The molecule has 3 heterocycles. The monoisotopic (exact) mass is 234 g/mol. The maximum absolute atomic E-state index is 4.59. The number of nitrogens with zero attached hydrogens (tertiary/aromatic N) is 2. The molecule has 1 saturated heterocycles. The fourth-order valence-corrected chi connectivity index (χ4v) is 2.79. The largest absolute Gasteiger partial charge is 0.316 e. The number of nitrogens with one attached hydrogen (secondary N) is 2. The Morgan fingerprint density at radius 2 is 2.38 bits per heavy atom. The van der Waals surface area contributed by atoms with Crippen molar-refractivity contribution in [3.63, 3.8) is 0 Å². The zero-order chi connectivity index (χ0) is 11.0. The lowest BCUT2D eigenvalue weighted by Gasteiger charge is -2.09. The molecule has 0 radical (unpaired) electrons. The van der Waals surface area contributed by atoms with Crippen LogP contribution in [0.25, 0.3) is 10.7 Å². The van der Waals surface area contributed by atoms with Crippen LogP contribution < -0.4 is 5.32 Å². The van der Waals surface area contributed by atoms with Crippen LogP contribution in [0.4, 0.5) is 0 Å². The summed E-state index contributed by atoms with van der Waals surface area (Å²) in [7, 11) is 0. The van der Waals surface area contributed by atoms with Crippen molar-refractivity contribution in [3.8, 4) is 10.7 Å². The second-order valence-electron chi connectivity index (χ2n) is 4.26. The predicted octanol–water partition coefficient (Wildman–Crippen LogP) is 1.86. The molecule has 1 fully saturated rings. The minimum atomic E-state index is 0.473. The van der Waals surface area contributed by atoms with E-state index < -0.39 is 0 Å². The Labute approximate surface area is 98.1 Å². The molecule has 0 amide bonds. The Hall–Kier alpha value is -1.20. The zero-order valence-electron chi connectivity index (χ0n) is 9.10. The molecule has 1 aliphatic rings. The third kappa shape index (κ3) is 1.66. The summed E-state index contributed by atoms with van der Waals surface area (Å²) in [4.78, 5) is 5.71. The van der Waals surface area contributed by atoms with Crippen molar-refractivity contribution < 1.29 is 0 Å². The minimum Gasteiger partial charge on any atom is -0.316 e. The topological polar surface area (TPSA) is 53.6 Å². The first-order valence-corrected chi connectivity index (χ1v) is 6.39. The van der Waals surface area contributed by atoms with Crippen molar-refractivity contribution in [1.29, 1.82) is 0 Å². The van der Waals surface area contributed by atoms with E-state index in [1.54, 1.807) is 11.3 Å². The van der Waals surface area contributed by atoms with Crippen LogP contribution in [0.3, 0.4) is 0 Å². The molecular weight excluding hydrogens is 220 g/mol. The molecular formula is C11H14N4S. The number of hydrogen-bond donors (Lipinski definition) is 2. The Morgan fingerprint density at radius 1 is 1.44 bits per heavy atom. The number of hydrogen-bond acceptors (Lipinski definition) is 4. The first kappa shape index (κ1) is 9.99. The van der Waals surface area contributed by atoms with Gasteiger partial charge in [-0.05, 0) is 23.9 Å². The van der Waals surface area contributed by atoms with Crippen LogP contribution in [0.15, 0.2) is 17.5 Å². The van der Waals surface area contributed by atoms with Gasteiger partial charge in [0.1, 0.15) is 5.82 Å². The highest BCUT2D eigenvalue weighted by molar-refractivity contribution is 7.13. The van der Waals surface area contributed by atoms with Gasteiger partial charge in [0.2, 0.25) is 0 Å².